The van der Waals surface area contributed by atoms with E-state index in [1.54, 1.807) is 10.4 Å². The Bertz CT molecular complexity index is 514. The number of aromatic nitrogens is 1. The smallest absolute Gasteiger partial charge is 0.246 e. The van der Waals surface area contributed by atoms with Crippen molar-refractivity contribution >= 4 is 15.7 Å². The van der Waals surface area contributed by atoms with Gasteiger partial charge in [0.25, 0.3) is 0 Å². The monoisotopic (exact) mass is 270 g/mol. The molecule has 0 amide bonds. The second kappa shape index (κ2) is 5.21. The number of nitrogen functional groups attached to an aromatic ring is 1. The number of nitrogens with zero attached hydrogens (tertiary/aromatic N) is 2. The lowest BCUT2D eigenvalue weighted by atomic mass is 10.4. The zero-order valence-electron chi connectivity index (χ0n) is 10.3. The maximum atomic E-state index is 12.6. The molecule has 3 N–H and O–H groups in total. The average Bonchev–Trinajstić information content (AvgIpc) is 3.19. The molecule has 6 nitrogen and oxygen atoms in total. The quantitative estimate of drug-likeness (QED) is 0.593. The minimum Gasteiger partial charge on any atom is -0.323 e. The van der Waals surface area contributed by atoms with Crippen molar-refractivity contribution in [3.8, 4) is 0 Å². The Morgan fingerprint density at radius 2 is 2.28 bits per heavy atom. The first kappa shape index (κ1) is 13.3. The lowest BCUT2D eigenvalue weighted by molar-refractivity contribution is 0.403. The molecule has 7 heteroatoms. The fourth-order valence-corrected chi connectivity index (χ4v) is 3.79. The lowest BCUT2D eigenvalue weighted by Crippen LogP contribution is -2.34. The molecular formula is C11H18N4O2S. The first-order chi connectivity index (χ1) is 8.61. The second-order valence-electron chi connectivity index (χ2n) is 4.36. The van der Waals surface area contributed by atoms with Crippen LogP contribution in [0.15, 0.2) is 23.4 Å². The number of hydrogen-bond donors (Lipinski definition) is 2. The molecule has 0 aromatic carbocycles. The summed E-state index contributed by atoms with van der Waals surface area (Å²) in [6.07, 6.45) is 5.52. The summed E-state index contributed by atoms with van der Waals surface area (Å²) < 4.78 is 26.7. The summed E-state index contributed by atoms with van der Waals surface area (Å²) in [4.78, 5) is 4.03. The van der Waals surface area contributed by atoms with Gasteiger partial charge in [-0.25, -0.2) is 8.42 Å². The topological polar surface area (TPSA) is 88.3 Å². The maximum Gasteiger partial charge on any atom is 0.246 e. The third-order valence-corrected chi connectivity index (χ3v) is 4.90. The molecule has 1 aromatic rings. The Labute approximate surface area is 107 Å². The summed E-state index contributed by atoms with van der Waals surface area (Å²) in [6.45, 7) is 2.50. The van der Waals surface area contributed by atoms with Crippen molar-refractivity contribution in [1.82, 2.24) is 9.29 Å². The minimum absolute atomic E-state index is 0.140. The molecule has 100 valence electrons. The molecule has 18 heavy (non-hydrogen) atoms. The molecule has 1 aliphatic rings. The predicted octanol–water partition coefficient (Wildman–Crippen LogP) is 0.930. The molecule has 0 unspecified atom stereocenters. The van der Waals surface area contributed by atoms with Crippen molar-refractivity contribution in [3.63, 3.8) is 0 Å². The Kier molecular flexibility index (Phi) is 3.84. The highest BCUT2D eigenvalue weighted by atomic mass is 32.2. The van der Waals surface area contributed by atoms with Gasteiger partial charge >= 0.3 is 0 Å². The number of hydrazine groups is 1. The molecule has 0 radical (unpaired) electrons. The summed E-state index contributed by atoms with van der Waals surface area (Å²) in [5.74, 6) is 5.35. The fourth-order valence-electron chi connectivity index (χ4n) is 1.91. The van der Waals surface area contributed by atoms with Crippen molar-refractivity contribution in [2.75, 3.05) is 12.0 Å². The minimum atomic E-state index is -3.51. The summed E-state index contributed by atoms with van der Waals surface area (Å²) in [6, 6.07) is 1.70. The van der Waals surface area contributed by atoms with Crippen molar-refractivity contribution in [1.29, 1.82) is 0 Å². The third kappa shape index (κ3) is 2.47. The van der Waals surface area contributed by atoms with Crippen LogP contribution in [0.4, 0.5) is 5.69 Å². The average molecular weight is 270 g/mol. The van der Waals surface area contributed by atoms with E-state index in [4.69, 9.17) is 5.84 Å². The van der Waals surface area contributed by atoms with Crippen LogP contribution in [0.5, 0.6) is 0 Å². The first-order valence-corrected chi connectivity index (χ1v) is 7.47. The first-order valence-electron chi connectivity index (χ1n) is 6.03. The van der Waals surface area contributed by atoms with Gasteiger partial charge in [0.05, 0.1) is 5.69 Å². The van der Waals surface area contributed by atoms with Crippen LogP contribution in [0.25, 0.3) is 0 Å². The van der Waals surface area contributed by atoms with Crippen LogP contribution in [0.2, 0.25) is 0 Å². The van der Waals surface area contributed by atoms with Gasteiger partial charge in [-0.15, -0.1) is 0 Å². The van der Waals surface area contributed by atoms with Gasteiger partial charge in [0.1, 0.15) is 4.90 Å². The SMILES string of the molecule is CCCN(C1CC1)S(=O)(=O)c1cnccc1NN. The lowest BCUT2D eigenvalue weighted by Gasteiger charge is -2.22. The standard InChI is InChI=1S/C11H18N4O2S/c1-2-7-15(9-3-4-9)18(16,17)11-8-13-6-5-10(11)14-12/h5-6,8-9H,2-4,7,12H2,1H3,(H,13,14). The summed E-state index contributed by atoms with van der Waals surface area (Å²) >= 11 is 0. The van der Waals surface area contributed by atoms with Crippen LogP contribution in [0, 0.1) is 0 Å². The molecule has 1 aromatic heterocycles. The van der Waals surface area contributed by atoms with E-state index in [-0.39, 0.29) is 10.9 Å². The van der Waals surface area contributed by atoms with Gasteiger partial charge < -0.3 is 5.43 Å². The molecule has 0 atom stereocenters. The van der Waals surface area contributed by atoms with E-state index in [9.17, 15) is 8.42 Å². The van der Waals surface area contributed by atoms with Gasteiger partial charge in [0.15, 0.2) is 0 Å². The van der Waals surface area contributed by atoms with E-state index in [2.05, 4.69) is 10.4 Å². The number of sulfonamides is 1. The molecule has 0 spiro atoms. The molecule has 1 heterocycles. The number of anilines is 1. The number of rotatable bonds is 6. The molecule has 0 aliphatic heterocycles. The van der Waals surface area contributed by atoms with E-state index in [1.165, 1.54) is 12.4 Å². The Morgan fingerprint density at radius 3 is 2.83 bits per heavy atom. The van der Waals surface area contributed by atoms with Crippen LogP contribution in [0.1, 0.15) is 26.2 Å². The van der Waals surface area contributed by atoms with Gasteiger partial charge in [-0.1, -0.05) is 6.92 Å². The Morgan fingerprint density at radius 1 is 1.56 bits per heavy atom. The van der Waals surface area contributed by atoms with Gasteiger partial charge in [-0.2, -0.15) is 4.31 Å². The van der Waals surface area contributed by atoms with E-state index in [1.807, 2.05) is 6.92 Å². The van der Waals surface area contributed by atoms with Crippen molar-refractivity contribution < 1.29 is 8.42 Å². The van der Waals surface area contributed by atoms with Gasteiger partial charge in [0.2, 0.25) is 10.0 Å². The highest BCUT2D eigenvalue weighted by molar-refractivity contribution is 7.89. The zero-order valence-corrected chi connectivity index (χ0v) is 11.2. The normalized spacial score (nSPS) is 15.9. The number of hydrogen-bond acceptors (Lipinski definition) is 5. The molecule has 2 rings (SSSR count). The van der Waals surface area contributed by atoms with E-state index >= 15 is 0 Å². The largest absolute Gasteiger partial charge is 0.323 e. The van der Waals surface area contributed by atoms with Gasteiger partial charge in [-0.05, 0) is 25.3 Å². The summed E-state index contributed by atoms with van der Waals surface area (Å²) in [7, 11) is -3.51. The van der Waals surface area contributed by atoms with Crippen LogP contribution in [-0.4, -0.2) is 30.3 Å². The van der Waals surface area contributed by atoms with Gasteiger partial charge in [-0.3, -0.25) is 10.8 Å². The zero-order chi connectivity index (χ0) is 13.2. The van der Waals surface area contributed by atoms with E-state index in [0.717, 1.165) is 19.3 Å². The third-order valence-electron chi connectivity index (χ3n) is 2.92. The van der Waals surface area contributed by atoms with E-state index in [0.29, 0.717) is 12.2 Å². The van der Waals surface area contributed by atoms with Crippen molar-refractivity contribution in [2.24, 2.45) is 5.84 Å². The molecule has 0 saturated heterocycles. The molecular weight excluding hydrogens is 252 g/mol. The fraction of sp³-hybridized carbons (Fsp3) is 0.545. The molecule has 0 bridgehead atoms. The van der Waals surface area contributed by atoms with Crippen LogP contribution in [0.3, 0.4) is 0 Å². The number of nitrogens with one attached hydrogen (secondary N) is 1. The molecule has 1 aliphatic carbocycles. The highest BCUT2D eigenvalue weighted by Gasteiger charge is 2.38. The van der Waals surface area contributed by atoms with Crippen LogP contribution >= 0.6 is 0 Å². The highest BCUT2D eigenvalue weighted by Crippen LogP contribution is 2.33. The second-order valence-corrected chi connectivity index (χ2v) is 6.22. The summed E-state index contributed by atoms with van der Waals surface area (Å²) in [5.41, 5.74) is 2.79. The number of pyridine rings is 1. The Balaban J connectivity index is 2.39. The van der Waals surface area contributed by atoms with Gasteiger partial charge in [0, 0.05) is 25.0 Å². The predicted molar refractivity (Wildman–Crippen MR) is 69.3 cm³/mol. The molecule has 1 fully saturated rings. The Hall–Kier alpha value is -1.18. The van der Waals surface area contributed by atoms with Crippen molar-refractivity contribution in [3.05, 3.63) is 18.5 Å². The van der Waals surface area contributed by atoms with Crippen LogP contribution < -0.4 is 11.3 Å². The van der Waals surface area contributed by atoms with Crippen LogP contribution in [-0.2, 0) is 10.0 Å². The van der Waals surface area contributed by atoms with E-state index < -0.39 is 10.0 Å². The summed E-state index contributed by atoms with van der Waals surface area (Å²) in [5, 5.41) is 0. The molecule has 1 saturated carbocycles. The maximum absolute atomic E-state index is 12.6. The number of nitrogens with two attached hydrogens (primary N) is 1. The van der Waals surface area contributed by atoms with Crippen molar-refractivity contribution in [2.45, 2.75) is 37.1 Å².